The zero-order valence-electron chi connectivity index (χ0n) is 14.7. The van der Waals surface area contributed by atoms with Gasteiger partial charge in [-0.2, -0.15) is 0 Å². The standard InChI is InChI=1S/C17H31N5.HI/c1-15(2)12-17(6-4-7-17)13-21-16(18-3)20-8-5-10-22-11-9-19-14-22;/h9,11,14-15H,4-8,10,12-13H2,1-3H3,(H2,18,20,21);1H. The van der Waals surface area contributed by atoms with Crippen LogP contribution in [0.25, 0.3) is 0 Å². The number of hydrogen-bond acceptors (Lipinski definition) is 2. The summed E-state index contributed by atoms with van der Waals surface area (Å²) >= 11 is 0. The zero-order valence-corrected chi connectivity index (χ0v) is 17.0. The van der Waals surface area contributed by atoms with Crippen LogP contribution in [0.15, 0.2) is 23.7 Å². The maximum absolute atomic E-state index is 4.34. The van der Waals surface area contributed by atoms with E-state index in [1.807, 2.05) is 25.8 Å². The van der Waals surface area contributed by atoms with Gasteiger partial charge in [0, 0.05) is 39.1 Å². The van der Waals surface area contributed by atoms with Gasteiger partial charge in [0.25, 0.3) is 0 Å². The smallest absolute Gasteiger partial charge is 0.190 e. The lowest BCUT2D eigenvalue weighted by Crippen LogP contribution is -2.47. The quantitative estimate of drug-likeness (QED) is 0.286. The van der Waals surface area contributed by atoms with Crippen molar-refractivity contribution in [3.05, 3.63) is 18.7 Å². The number of nitrogens with zero attached hydrogens (tertiary/aromatic N) is 3. The number of halogens is 1. The molecule has 2 rings (SSSR count). The van der Waals surface area contributed by atoms with E-state index in [1.54, 1.807) is 0 Å². The summed E-state index contributed by atoms with van der Waals surface area (Å²) in [5.41, 5.74) is 0.503. The van der Waals surface area contributed by atoms with Crippen LogP contribution in [-0.2, 0) is 6.54 Å². The first-order valence-corrected chi connectivity index (χ1v) is 8.54. The van der Waals surface area contributed by atoms with E-state index in [0.29, 0.717) is 5.41 Å². The van der Waals surface area contributed by atoms with Crippen LogP contribution in [0.2, 0.25) is 0 Å². The molecular weight excluding hydrogens is 401 g/mol. The van der Waals surface area contributed by atoms with Gasteiger partial charge in [0.2, 0.25) is 0 Å². The Morgan fingerprint density at radius 3 is 2.65 bits per heavy atom. The maximum Gasteiger partial charge on any atom is 0.190 e. The summed E-state index contributed by atoms with van der Waals surface area (Å²) in [7, 11) is 1.85. The van der Waals surface area contributed by atoms with E-state index in [9.17, 15) is 0 Å². The topological polar surface area (TPSA) is 54.2 Å². The molecule has 1 heterocycles. The minimum Gasteiger partial charge on any atom is -0.356 e. The number of rotatable bonds is 8. The van der Waals surface area contributed by atoms with Crippen LogP contribution in [0, 0.1) is 11.3 Å². The second kappa shape index (κ2) is 10.2. The summed E-state index contributed by atoms with van der Waals surface area (Å²) in [5, 5.41) is 6.94. The molecule has 0 atom stereocenters. The van der Waals surface area contributed by atoms with Crippen molar-refractivity contribution < 1.29 is 0 Å². The molecule has 0 unspecified atom stereocenters. The number of aryl methyl sites for hydroxylation is 1. The van der Waals surface area contributed by atoms with E-state index in [2.05, 4.69) is 39.0 Å². The van der Waals surface area contributed by atoms with Gasteiger partial charge in [-0.15, -0.1) is 24.0 Å². The van der Waals surface area contributed by atoms with Crippen LogP contribution in [-0.4, -0.2) is 35.6 Å². The minimum absolute atomic E-state index is 0. The first-order chi connectivity index (χ1) is 10.6. The van der Waals surface area contributed by atoms with Gasteiger partial charge in [-0.25, -0.2) is 4.98 Å². The molecular formula is C17H32IN5. The number of imidazole rings is 1. The van der Waals surface area contributed by atoms with Crippen molar-refractivity contribution in [1.82, 2.24) is 20.2 Å². The molecule has 1 aliphatic rings. The monoisotopic (exact) mass is 433 g/mol. The number of aromatic nitrogens is 2. The summed E-state index contributed by atoms with van der Waals surface area (Å²) in [6.07, 6.45) is 12.2. The lowest BCUT2D eigenvalue weighted by atomic mass is 9.64. The highest BCUT2D eigenvalue weighted by molar-refractivity contribution is 14.0. The molecule has 2 N–H and O–H groups in total. The summed E-state index contributed by atoms with van der Waals surface area (Å²) in [5.74, 6) is 1.70. The van der Waals surface area contributed by atoms with Crippen molar-refractivity contribution in [2.75, 3.05) is 20.1 Å². The molecule has 0 radical (unpaired) electrons. The lowest BCUT2D eigenvalue weighted by molar-refractivity contribution is 0.104. The molecule has 6 heteroatoms. The molecule has 1 fully saturated rings. The average Bonchev–Trinajstić information content (AvgIpc) is 2.96. The van der Waals surface area contributed by atoms with E-state index in [-0.39, 0.29) is 24.0 Å². The van der Waals surface area contributed by atoms with Gasteiger partial charge in [0.15, 0.2) is 5.96 Å². The Hall–Kier alpha value is -0.790. The Kier molecular flexibility index (Phi) is 8.94. The number of aliphatic imine (C=N–C) groups is 1. The second-order valence-corrected chi connectivity index (χ2v) is 6.96. The molecule has 1 aliphatic carbocycles. The van der Waals surface area contributed by atoms with Gasteiger partial charge in [-0.05, 0) is 37.0 Å². The van der Waals surface area contributed by atoms with E-state index >= 15 is 0 Å². The predicted molar refractivity (Wildman–Crippen MR) is 107 cm³/mol. The largest absolute Gasteiger partial charge is 0.356 e. The van der Waals surface area contributed by atoms with Crippen LogP contribution in [0.4, 0.5) is 0 Å². The molecule has 1 aromatic rings. The first-order valence-electron chi connectivity index (χ1n) is 8.54. The molecule has 0 amide bonds. The Morgan fingerprint density at radius 1 is 1.35 bits per heavy atom. The SMILES string of the molecule is CN=C(NCCCn1ccnc1)NCC1(CC(C)C)CCC1.I. The summed E-state index contributed by atoms with van der Waals surface area (Å²) in [4.78, 5) is 8.39. The Bertz CT molecular complexity index is 452. The predicted octanol–water partition coefficient (Wildman–Crippen LogP) is 3.27. The van der Waals surface area contributed by atoms with Gasteiger partial charge in [0.1, 0.15) is 0 Å². The molecule has 23 heavy (non-hydrogen) atoms. The van der Waals surface area contributed by atoms with Crippen LogP contribution >= 0.6 is 24.0 Å². The van der Waals surface area contributed by atoms with Crippen molar-refractivity contribution >= 4 is 29.9 Å². The Morgan fingerprint density at radius 2 is 2.13 bits per heavy atom. The third-order valence-electron chi connectivity index (χ3n) is 4.55. The Labute approximate surface area is 157 Å². The summed E-state index contributed by atoms with van der Waals surface area (Å²) in [6, 6.07) is 0. The van der Waals surface area contributed by atoms with Crippen LogP contribution in [0.1, 0.15) is 46.0 Å². The van der Waals surface area contributed by atoms with Crippen LogP contribution in [0.5, 0.6) is 0 Å². The fraction of sp³-hybridized carbons (Fsp3) is 0.765. The molecule has 0 saturated heterocycles. The minimum atomic E-state index is 0. The van der Waals surface area contributed by atoms with Crippen LogP contribution in [0.3, 0.4) is 0 Å². The van der Waals surface area contributed by atoms with Crippen molar-refractivity contribution in [3.63, 3.8) is 0 Å². The van der Waals surface area contributed by atoms with E-state index in [1.165, 1.54) is 25.7 Å². The molecule has 132 valence electrons. The molecule has 0 aliphatic heterocycles. The van der Waals surface area contributed by atoms with Gasteiger partial charge >= 0.3 is 0 Å². The fourth-order valence-corrected chi connectivity index (χ4v) is 3.38. The van der Waals surface area contributed by atoms with Crippen molar-refractivity contribution in [2.24, 2.45) is 16.3 Å². The van der Waals surface area contributed by atoms with Gasteiger partial charge in [0.05, 0.1) is 6.33 Å². The van der Waals surface area contributed by atoms with Crippen molar-refractivity contribution in [2.45, 2.75) is 52.5 Å². The van der Waals surface area contributed by atoms with Crippen molar-refractivity contribution in [3.8, 4) is 0 Å². The van der Waals surface area contributed by atoms with E-state index in [4.69, 9.17) is 0 Å². The third kappa shape index (κ3) is 6.69. The number of nitrogens with one attached hydrogen (secondary N) is 2. The highest BCUT2D eigenvalue weighted by Gasteiger charge is 2.37. The zero-order chi connectivity index (χ0) is 15.8. The normalized spacial score (nSPS) is 16.6. The maximum atomic E-state index is 4.34. The van der Waals surface area contributed by atoms with E-state index in [0.717, 1.165) is 37.9 Å². The van der Waals surface area contributed by atoms with Gasteiger partial charge in [-0.1, -0.05) is 20.3 Å². The first kappa shape index (κ1) is 20.3. The molecule has 1 aromatic heterocycles. The third-order valence-corrected chi connectivity index (χ3v) is 4.55. The highest BCUT2D eigenvalue weighted by atomic mass is 127. The van der Waals surface area contributed by atoms with Crippen LogP contribution < -0.4 is 10.6 Å². The summed E-state index contributed by atoms with van der Waals surface area (Å²) in [6.45, 7) is 7.61. The van der Waals surface area contributed by atoms with Gasteiger partial charge in [-0.3, -0.25) is 4.99 Å². The average molecular weight is 433 g/mol. The number of hydrogen-bond donors (Lipinski definition) is 2. The fourth-order valence-electron chi connectivity index (χ4n) is 3.38. The Balaban J connectivity index is 0.00000264. The molecule has 5 nitrogen and oxygen atoms in total. The second-order valence-electron chi connectivity index (χ2n) is 6.96. The number of guanidine groups is 1. The molecule has 0 aromatic carbocycles. The molecule has 0 bridgehead atoms. The summed E-state index contributed by atoms with van der Waals surface area (Å²) < 4.78 is 2.10. The van der Waals surface area contributed by atoms with E-state index < -0.39 is 0 Å². The lowest BCUT2D eigenvalue weighted by Gasteiger charge is -2.43. The van der Waals surface area contributed by atoms with Crippen molar-refractivity contribution in [1.29, 1.82) is 0 Å². The highest BCUT2D eigenvalue weighted by Crippen LogP contribution is 2.45. The van der Waals surface area contributed by atoms with Gasteiger partial charge < -0.3 is 15.2 Å². The molecule has 0 spiro atoms. The molecule has 1 saturated carbocycles.